The van der Waals surface area contributed by atoms with E-state index in [1.165, 1.54) is 42.3 Å². The summed E-state index contributed by atoms with van der Waals surface area (Å²) >= 11 is 0. The van der Waals surface area contributed by atoms with Crippen LogP contribution < -0.4 is 15.2 Å². The molecule has 0 spiro atoms. The molecule has 3 N–H and O–H groups in total. The quantitative estimate of drug-likeness (QED) is 0.381. The molecule has 1 aliphatic rings. The Balaban J connectivity index is 2.18. The summed E-state index contributed by atoms with van der Waals surface area (Å²) in [4.78, 5) is 78.0. The third-order valence-corrected chi connectivity index (χ3v) is 6.29. The van der Waals surface area contributed by atoms with E-state index in [2.05, 4.69) is 5.32 Å². The molecular weight excluding hydrogens is 524 g/mol. The maximum Gasteiger partial charge on any atom is 0.305 e. The molecule has 2 aromatic carbocycles. The molecule has 1 aliphatic heterocycles. The van der Waals surface area contributed by atoms with Gasteiger partial charge >= 0.3 is 5.97 Å². The Kier molecular flexibility index (Phi) is 9.22. The zero-order valence-corrected chi connectivity index (χ0v) is 22.4. The Morgan fingerprint density at radius 2 is 1.75 bits per heavy atom. The predicted octanol–water partition coefficient (Wildman–Crippen LogP) is 0.939. The number of aromatic hydroxyl groups is 1. The first-order valence-electron chi connectivity index (χ1n) is 12.2. The fraction of sp³-hybridized carbons (Fsp3) is 0.333. The average molecular weight is 555 g/mol. The van der Waals surface area contributed by atoms with Crippen LogP contribution in [0.1, 0.15) is 34.8 Å². The van der Waals surface area contributed by atoms with Crippen molar-refractivity contribution in [2.75, 3.05) is 30.2 Å². The Morgan fingerprint density at radius 1 is 1.15 bits per heavy atom. The van der Waals surface area contributed by atoms with Crippen LogP contribution in [0.4, 0.5) is 11.4 Å². The van der Waals surface area contributed by atoms with E-state index in [-0.39, 0.29) is 42.1 Å². The molecule has 2 aromatic rings. The Morgan fingerprint density at radius 3 is 2.27 bits per heavy atom. The molecular formula is C27H30N4O9. The lowest BCUT2D eigenvalue weighted by molar-refractivity contribution is -0.145. The van der Waals surface area contributed by atoms with E-state index in [4.69, 9.17) is 4.74 Å². The number of phenolic OH excluding ortho intramolecular Hbond substituents is 1. The summed E-state index contributed by atoms with van der Waals surface area (Å²) in [7, 11) is 1.31. The SMILES string of the molecule is COCC(=O)N1C[C@H](NC(=O)c2cc(C)c(O)c(C)c2)C(=O)N(N(C(C)=O)[C@H](C=O)CC(=O)O)c2ccccc21. The van der Waals surface area contributed by atoms with Gasteiger partial charge in [0.15, 0.2) is 0 Å². The standard InChI is InChI=1S/C27H30N4O9/c1-15-9-18(10-16(2)25(15)37)26(38)28-20-12-29(23(34)14-40-4)21-7-5-6-8-22(21)31(27(20)39)30(17(3)33)19(13-32)11-24(35)36/h5-10,13,19-20,37H,11-12,14H2,1-4H3,(H,28,38)(H,35,36)/t19-,20-/m0/s1. The number of phenols is 1. The number of nitrogens with one attached hydrogen (secondary N) is 1. The topological polar surface area (TPSA) is 174 Å². The van der Waals surface area contributed by atoms with Crippen LogP contribution >= 0.6 is 0 Å². The van der Waals surface area contributed by atoms with Gasteiger partial charge in [0.25, 0.3) is 17.7 Å². The average Bonchev–Trinajstić information content (AvgIpc) is 3.01. The van der Waals surface area contributed by atoms with Crippen LogP contribution in [0.5, 0.6) is 5.75 Å². The van der Waals surface area contributed by atoms with Gasteiger partial charge in [-0.1, -0.05) is 12.1 Å². The van der Waals surface area contributed by atoms with Crippen LogP contribution in [0.3, 0.4) is 0 Å². The van der Waals surface area contributed by atoms with Crippen molar-refractivity contribution < 1.29 is 43.7 Å². The number of hydrogen-bond acceptors (Lipinski definition) is 8. The highest BCUT2D eigenvalue weighted by Gasteiger charge is 2.42. The Hall–Kier alpha value is -4.78. The minimum absolute atomic E-state index is 0.00971. The number of benzene rings is 2. The molecule has 0 aromatic heterocycles. The monoisotopic (exact) mass is 554 g/mol. The first kappa shape index (κ1) is 29.8. The zero-order valence-electron chi connectivity index (χ0n) is 22.4. The van der Waals surface area contributed by atoms with Gasteiger partial charge in [0.1, 0.15) is 30.7 Å². The van der Waals surface area contributed by atoms with E-state index >= 15 is 0 Å². The smallest absolute Gasteiger partial charge is 0.305 e. The molecule has 0 aliphatic carbocycles. The fourth-order valence-corrected chi connectivity index (χ4v) is 4.49. The van der Waals surface area contributed by atoms with Crippen LogP contribution in [0, 0.1) is 13.8 Å². The van der Waals surface area contributed by atoms with Crippen molar-refractivity contribution in [3.63, 3.8) is 0 Å². The number of anilines is 2. The third kappa shape index (κ3) is 6.10. The van der Waals surface area contributed by atoms with Gasteiger partial charge in [-0.2, -0.15) is 0 Å². The number of carbonyl (C=O) groups is 6. The summed E-state index contributed by atoms with van der Waals surface area (Å²) in [5.41, 5.74) is 1.15. The number of nitrogens with zero attached hydrogens (tertiary/aromatic N) is 3. The van der Waals surface area contributed by atoms with Gasteiger partial charge in [-0.25, -0.2) is 10.0 Å². The normalized spacial score (nSPS) is 15.5. The van der Waals surface area contributed by atoms with E-state index in [1.807, 2.05) is 0 Å². The van der Waals surface area contributed by atoms with E-state index in [0.717, 1.165) is 11.9 Å². The van der Waals surface area contributed by atoms with Gasteiger partial charge in [0.2, 0.25) is 5.91 Å². The number of rotatable bonds is 9. The summed E-state index contributed by atoms with van der Waals surface area (Å²) in [5, 5.41) is 23.6. The molecule has 40 heavy (non-hydrogen) atoms. The Labute approximate surface area is 229 Å². The van der Waals surface area contributed by atoms with Gasteiger partial charge in [-0.3, -0.25) is 24.0 Å². The van der Waals surface area contributed by atoms with Gasteiger partial charge in [-0.15, -0.1) is 0 Å². The number of methoxy groups -OCH3 is 1. The predicted molar refractivity (Wildman–Crippen MR) is 142 cm³/mol. The molecule has 0 saturated heterocycles. The number of para-hydroxylation sites is 2. The minimum Gasteiger partial charge on any atom is -0.507 e. The molecule has 3 rings (SSSR count). The number of amides is 4. The zero-order chi connectivity index (χ0) is 29.7. The fourth-order valence-electron chi connectivity index (χ4n) is 4.49. The van der Waals surface area contributed by atoms with Gasteiger partial charge in [0, 0.05) is 19.6 Å². The minimum atomic E-state index is -1.58. The summed E-state index contributed by atoms with van der Waals surface area (Å²) in [6, 6.07) is 5.88. The van der Waals surface area contributed by atoms with E-state index in [0.29, 0.717) is 16.1 Å². The number of hydrogen-bond donors (Lipinski definition) is 3. The van der Waals surface area contributed by atoms with Crippen LogP contribution in [-0.4, -0.2) is 83.5 Å². The number of fused-ring (bicyclic) bond motifs is 1. The summed E-state index contributed by atoms with van der Waals surface area (Å²) in [5.74, 6) is -4.37. The number of aryl methyl sites for hydroxylation is 2. The highest BCUT2D eigenvalue weighted by Crippen LogP contribution is 2.35. The highest BCUT2D eigenvalue weighted by molar-refractivity contribution is 6.10. The Bertz CT molecular complexity index is 1340. The number of aldehydes is 1. The molecule has 13 heteroatoms. The molecule has 212 valence electrons. The second-order valence-corrected chi connectivity index (χ2v) is 9.23. The first-order chi connectivity index (χ1) is 18.9. The molecule has 0 saturated carbocycles. The van der Waals surface area contributed by atoms with Crippen molar-refractivity contribution >= 4 is 47.3 Å². The summed E-state index contributed by atoms with van der Waals surface area (Å²) in [6.07, 6.45) is -0.565. The number of carboxylic acid groups (broad SMARTS) is 1. The second-order valence-electron chi connectivity index (χ2n) is 9.23. The summed E-state index contributed by atoms with van der Waals surface area (Å²) < 4.78 is 5.00. The lowest BCUT2D eigenvalue weighted by Gasteiger charge is -2.38. The van der Waals surface area contributed by atoms with Crippen molar-refractivity contribution in [3.8, 4) is 5.75 Å². The van der Waals surface area contributed by atoms with Gasteiger partial charge in [0.05, 0.1) is 24.3 Å². The van der Waals surface area contributed by atoms with E-state index < -0.39 is 48.1 Å². The van der Waals surface area contributed by atoms with Crippen LogP contribution in [-0.2, 0) is 28.7 Å². The molecule has 0 bridgehead atoms. The largest absolute Gasteiger partial charge is 0.507 e. The highest BCUT2D eigenvalue weighted by atomic mass is 16.5. The third-order valence-electron chi connectivity index (χ3n) is 6.29. The molecule has 0 fully saturated rings. The van der Waals surface area contributed by atoms with Crippen molar-refractivity contribution in [3.05, 3.63) is 53.1 Å². The second kappa shape index (κ2) is 12.4. The van der Waals surface area contributed by atoms with Crippen LogP contribution in [0.25, 0.3) is 0 Å². The lowest BCUT2D eigenvalue weighted by atomic mass is 10.0. The van der Waals surface area contributed by atoms with Crippen molar-refractivity contribution in [1.82, 2.24) is 10.3 Å². The van der Waals surface area contributed by atoms with Crippen LogP contribution in [0.2, 0.25) is 0 Å². The maximum atomic E-state index is 14.1. The summed E-state index contributed by atoms with van der Waals surface area (Å²) in [6.45, 7) is 3.53. The number of hydrazine groups is 1. The van der Waals surface area contributed by atoms with E-state index in [9.17, 15) is 39.0 Å². The number of ether oxygens (including phenoxy) is 1. The van der Waals surface area contributed by atoms with Crippen molar-refractivity contribution in [2.45, 2.75) is 39.3 Å². The molecule has 13 nitrogen and oxygen atoms in total. The molecule has 0 radical (unpaired) electrons. The maximum absolute atomic E-state index is 14.1. The van der Waals surface area contributed by atoms with Crippen molar-refractivity contribution in [2.24, 2.45) is 0 Å². The van der Waals surface area contributed by atoms with Crippen LogP contribution in [0.15, 0.2) is 36.4 Å². The van der Waals surface area contributed by atoms with Gasteiger partial charge < -0.3 is 30.0 Å². The molecule has 4 amide bonds. The lowest BCUT2D eigenvalue weighted by Crippen LogP contribution is -2.61. The molecule has 0 unspecified atom stereocenters. The number of carboxylic acids is 1. The first-order valence-corrected chi connectivity index (χ1v) is 12.2. The van der Waals surface area contributed by atoms with E-state index in [1.54, 1.807) is 19.9 Å². The number of carbonyl (C=O) groups excluding carboxylic acids is 5. The van der Waals surface area contributed by atoms with Gasteiger partial charge in [-0.05, 0) is 49.2 Å². The molecule has 2 atom stereocenters. The van der Waals surface area contributed by atoms with Crippen molar-refractivity contribution in [1.29, 1.82) is 0 Å². The molecule has 1 heterocycles. The number of aliphatic carboxylic acids is 1.